The minimum Gasteiger partial charge on any atom is -0.339 e. The number of hydrogen-bond donors (Lipinski definition) is 1. The highest BCUT2D eigenvalue weighted by molar-refractivity contribution is 5.28. The average Bonchev–Trinajstić information content (AvgIpc) is 2.89. The Labute approximate surface area is 95.3 Å². The fourth-order valence-electron chi connectivity index (χ4n) is 1.92. The van der Waals surface area contributed by atoms with Crippen molar-refractivity contribution in [3.8, 4) is 0 Å². The molecule has 0 saturated heterocycles. The molecule has 0 saturated carbocycles. The number of rotatable bonds is 4. The normalized spacial score (nSPS) is 23.9. The molecule has 1 aromatic heterocycles. The smallest absolute Gasteiger partial charge is 0.266 e. The van der Waals surface area contributed by atoms with E-state index < -0.39 is 0 Å². The van der Waals surface area contributed by atoms with E-state index in [0.717, 1.165) is 19.5 Å². The van der Waals surface area contributed by atoms with Crippen LogP contribution in [0.1, 0.15) is 32.1 Å². The van der Waals surface area contributed by atoms with Gasteiger partial charge in [-0.15, -0.1) is 0 Å². The summed E-state index contributed by atoms with van der Waals surface area (Å²) in [5.41, 5.74) is 5.79. The number of aromatic nitrogens is 2. The Hall–Kier alpha value is -1.36. The highest BCUT2D eigenvalue weighted by Gasteiger charge is 2.23. The van der Waals surface area contributed by atoms with E-state index in [9.17, 15) is 0 Å². The first-order valence-corrected chi connectivity index (χ1v) is 5.77. The van der Waals surface area contributed by atoms with Gasteiger partial charge in [0, 0.05) is 19.1 Å². The maximum Gasteiger partial charge on any atom is 0.266 e. The van der Waals surface area contributed by atoms with Crippen molar-refractivity contribution < 1.29 is 4.52 Å². The van der Waals surface area contributed by atoms with Gasteiger partial charge in [0.15, 0.2) is 0 Å². The molecule has 1 heterocycles. The third-order valence-corrected chi connectivity index (χ3v) is 2.91. The van der Waals surface area contributed by atoms with Gasteiger partial charge in [-0.1, -0.05) is 12.2 Å². The fraction of sp³-hybridized carbons (Fsp3) is 0.636. The van der Waals surface area contributed by atoms with E-state index in [1.807, 2.05) is 12.2 Å². The van der Waals surface area contributed by atoms with E-state index in [2.05, 4.69) is 28.9 Å². The second-order valence-corrected chi connectivity index (χ2v) is 4.00. The number of allylic oxidation sites excluding steroid dienone is 1. The van der Waals surface area contributed by atoms with Crippen LogP contribution >= 0.6 is 0 Å². The van der Waals surface area contributed by atoms with E-state index in [0.29, 0.717) is 11.8 Å². The maximum atomic E-state index is 5.79. The summed E-state index contributed by atoms with van der Waals surface area (Å²) in [5.74, 6) is 1.53. The standard InChI is InChI=1S/C11H18N4O/c1-3-15(4-2)11-13-10(16-14-11)8-5-6-9(12)7-8/h5-6,8-9H,3-4,7,12H2,1-2H3. The van der Waals surface area contributed by atoms with Crippen LogP contribution in [0.15, 0.2) is 16.7 Å². The van der Waals surface area contributed by atoms with Gasteiger partial charge >= 0.3 is 0 Å². The van der Waals surface area contributed by atoms with Crippen molar-refractivity contribution in [1.82, 2.24) is 10.1 Å². The molecule has 2 unspecified atom stereocenters. The third kappa shape index (κ3) is 2.09. The first-order valence-electron chi connectivity index (χ1n) is 5.77. The minimum atomic E-state index is 0.119. The van der Waals surface area contributed by atoms with Gasteiger partial charge in [-0.3, -0.25) is 0 Å². The summed E-state index contributed by atoms with van der Waals surface area (Å²) < 4.78 is 5.27. The topological polar surface area (TPSA) is 68.2 Å². The van der Waals surface area contributed by atoms with Crippen molar-refractivity contribution >= 4 is 5.95 Å². The Kier molecular flexibility index (Phi) is 3.24. The van der Waals surface area contributed by atoms with Crippen molar-refractivity contribution in [2.75, 3.05) is 18.0 Å². The van der Waals surface area contributed by atoms with E-state index in [-0.39, 0.29) is 12.0 Å². The molecule has 0 bridgehead atoms. The lowest BCUT2D eigenvalue weighted by atomic mass is 10.1. The predicted octanol–water partition coefficient (Wildman–Crippen LogP) is 1.29. The Balaban J connectivity index is 2.10. The Morgan fingerprint density at radius 3 is 2.75 bits per heavy atom. The highest BCUT2D eigenvalue weighted by Crippen LogP contribution is 2.27. The van der Waals surface area contributed by atoms with Gasteiger partial charge in [-0.05, 0) is 25.4 Å². The van der Waals surface area contributed by atoms with Gasteiger partial charge in [-0.25, -0.2) is 0 Å². The summed E-state index contributed by atoms with van der Waals surface area (Å²) in [6.07, 6.45) is 4.90. The van der Waals surface area contributed by atoms with Crippen LogP contribution in [-0.4, -0.2) is 29.3 Å². The van der Waals surface area contributed by atoms with Crippen LogP contribution in [0.25, 0.3) is 0 Å². The molecule has 2 N–H and O–H groups in total. The highest BCUT2D eigenvalue weighted by atomic mass is 16.5. The molecule has 1 aromatic rings. The second-order valence-electron chi connectivity index (χ2n) is 4.00. The predicted molar refractivity (Wildman–Crippen MR) is 62.3 cm³/mol. The van der Waals surface area contributed by atoms with Crippen LogP contribution in [0.3, 0.4) is 0 Å². The molecule has 16 heavy (non-hydrogen) atoms. The van der Waals surface area contributed by atoms with Crippen molar-refractivity contribution in [3.63, 3.8) is 0 Å². The molecule has 0 amide bonds. The molecule has 2 atom stereocenters. The monoisotopic (exact) mass is 222 g/mol. The van der Waals surface area contributed by atoms with E-state index in [1.165, 1.54) is 0 Å². The van der Waals surface area contributed by atoms with Gasteiger partial charge < -0.3 is 15.2 Å². The summed E-state index contributed by atoms with van der Waals surface area (Å²) >= 11 is 0. The number of nitrogens with two attached hydrogens (primary N) is 1. The van der Waals surface area contributed by atoms with E-state index in [4.69, 9.17) is 10.3 Å². The molecule has 0 fully saturated rings. The quantitative estimate of drug-likeness (QED) is 0.777. The van der Waals surface area contributed by atoms with Crippen molar-refractivity contribution in [1.29, 1.82) is 0 Å². The number of hydrogen-bond acceptors (Lipinski definition) is 5. The lowest BCUT2D eigenvalue weighted by Gasteiger charge is -2.14. The molecule has 2 rings (SSSR count). The SMILES string of the molecule is CCN(CC)c1noc(C2C=CC(N)C2)n1. The molecule has 0 radical (unpaired) electrons. The van der Waals surface area contributed by atoms with Crippen LogP contribution < -0.4 is 10.6 Å². The summed E-state index contributed by atoms with van der Waals surface area (Å²) in [5, 5.41) is 3.99. The number of nitrogens with zero attached hydrogens (tertiary/aromatic N) is 3. The second kappa shape index (κ2) is 4.65. The summed E-state index contributed by atoms with van der Waals surface area (Å²) in [6.45, 7) is 5.92. The minimum absolute atomic E-state index is 0.119. The van der Waals surface area contributed by atoms with Gasteiger partial charge in [-0.2, -0.15) is 4.98 Å². The van der Waals surface area contributed by atoms with Crippen molar-refractivity contribution in [2.24, 2.45) is 5.73 Å². The summed E-state index contributed by atoms with van der Waals surface area (Å²) in [4.78, 5) is 6.47. The van der Waals surface area contributed by atoms with Crippen molar-refractivity contribution in [3.05, 3.63) is 18.0 Å². The number of anilines is 1. The fourth-order valence-corrected chi connectivity index (χ4v) is 1.92. The zero-order valence-electron chi connectivity index (χ0n) is 9.76. The van der Waals surface area contributed by atoms with Crippen LogP contribution in [0.2, 0.25) is 0 Å². The van der Waals surface area contributed by atoms with Crippen LogP contribution in [0.5, 0.6) is 0 Å². The molecule has 1 aliphatic carbocycles. The lowest BCUT2D eigenvalue weighted by Crippen LogP contribution is -2.23. The molecular weight excluding hydrogens is 204 g/mol. The van der Waals surface area contributed by atoms with E-state index >= 15 is 0 Å². The van der Waals surface area contributed by atoms with Crippen molar-refractivity contribution in [2.45, 2.75) is 32.2 Å². The lowest BCUT2D eigenvalue weighted by molar-refractivity contribution is 0.363. The maximum absolute atomic E-state index is 5.79. The summed E-state index contributed by atoms with van der Waals surface area (Å²) in [6, 6.07) is 0.119. The van der Waals surface area contributed by atoms with Gasteiger partial charge in [0.2, 0.25) is 5.89 Å². The zero-order chi connectivity index (χ0) is 11.5. The molecule has 1 aliphatic rings. The Morgan fingerprint density at radius 1 is 1.44 bits per heavy atom. The van der Waals surface area contributed by atoms with Crippen LogP contribution in [0, 0.1) is 0 Å². The van der Waals surface area contributed by atoms with Crippen LogP contribution in [-0.2, 0) is 0 Å². The molecule has 0 aliphatic heterocycles. The van der Waals surface area contributed by atoms with Gasteiger partial charge in [0.1, 0.15) is 0 Å². The first-order chi connectivity index (χ1) is 7.74. The molecule has 0 spiro atoms. The first kappa shape index (κ1) is 11.1. The molecule has 5 heteroatoms. The zero-order valence-corrected chi connectivity index (χ0v) is 9.76. The molecule has 5 nitrogen and oxygen atoms in total. The van der Waals surface area contributed by atoms with Crippen LogP contribution in [0.4, 0.5) is 5.95 Å². The Morgan fingerprint density at radius 2 is 2.19 bits per heavy atom. The Bertz CT molecular complexity index is 370. The molecule has 88 valence electrons. The summed E-state index contributed by atoms with van der Waals surface area (Å²) in [7, 11) is 0. The third-order valence-electron chi connectivity index (χ3n) is 2.91. The molecule has 0 aromatic carbocycles. The largest absolute Gasteiger partial charge is 0.339 e. The van der Waals surface area contributed by atoms with Gasteiger partial charge in [0.25, 0.3) is 5.95 Å². The van der Waals surface area contributed by atoms with E-state index in [1.54, 1.807) is 0 Å². The molecular formula is C11H18N4O. The average molecular weight is 222 g/mol. The van der Waals surface area contributed by atoms with Gasteiger partial charge in [0.05, 0.1) is 5.92 Å².